The maximum absolute atomic E-state index is 12.1. The minimum Gasteiger partial charge on any atom is -0.339 e. The fourth-order valence-corrected chi connectivity index (χ4v) is 2.40. The number of nitrogens with one attached hydrogen (secondary N) is 2. The molecule has 0 aromatic heterocycles. The molecule has 0 aromatic carbocycles. The van der Waals surface area contributed by atoms with Gasteiger partial charge in [0.1, 0.15) is 0 Å². The number of rotatable bonds is 1. The standard InChI is InChI=1S/C11H21N3O/c1-9-2-3-13-10(8-9)11(15)14-6-4-12-5-7-14/h9-10,12-13H,2-8H2,1H3. The highest BCUT2D eigenvalue weighted by Crippen LogP contribution is 2.16. The molecule has 2 atom stereocenters. The molecular formula is C11H21N3O. The Balaban J connectivity index is 1.88. The number of carbonyl (C=O) groups excluding carboxylic acids is 1. The SMILES string of the molecule is CC1CCNC(C(=O)N2CCNCC2)C1. The zero-order chi connectivity index (χ0) is 10.7. The van der Waals surface area contributed by atoms with Crippen molar-refractivity contribution in [2.24, 2.45) is 5.92 Å². The van der Waals surface area contributed by atoms with Crippen LogP contribution in [0.5, 0.6) is 0 Å². The van der Waals surface area contributed by atoms with E-state index in [4.69, 9.17) is 0 Å². The smallest absolute Gasteiger partial charge is 0.239 e. The molecule has 2 saturated heterocycles. The van der Waals surface area contributed by atoms with Gasteiger partial charge in [0.15, 0.2) is 0 Å². The van der Waals surface area contributed by atoms with E-state index in [0.29, 0.717) is 11.8 Å². The molecule has 2 aliphatic heterocycles. The minimum atomic E-state index is 0.0758. The highest BCUT2D eigenvalue weighted by atomic mass is 16.2. The van der Waals surface area contributed by atoms with Crippen LogP contribution in [0.2, 0.25) is 0 Å². The van der Waals surface area contributed by atoms with Crippen LogP contribution in [-0.2, 0) is 4.79 Å². The monoisotopic (exact) mass is 211 g/mol. The molecule has 0 radical (unpaired) electrons. The summed E-state index contributed by atoms with van der Waals surface area (Å²) in [5, 5.41) is 6.60. The molecule has 86 valence electrons. The van der Waals surface area contributed by atoms with Crippen LogP contribution in [0.1, 0.15) is 19.8 Å². The Bertz CT molecular complexity index is 226. The third-order valence-electron chi connectivity index (χ3n) is 3.39. The van der Waals surface area contributed by atoms with Gasteiger partial charge in [-0.1, -0.05) is 6.92 Å². The number of hydrogen-bond donors (Lipinski definition) is 2. The first-order valence-electron chi connectivity index (χ1n) is 6.00. The quantitative estimate of drug-likeness (QED) is 0.632. The third-order valence-corrected chi connectivity index (χ3v) is 3.39. The number of carbonyl (C=O) groups is 1. The van der Waals surface area contributed by atoms with Gasteiger partial charge in [0.25, 0.3) is 0 Å². The van der Waals surface area contributed by atoms with Gasteiger partial charge < -0.3 is 15.5 Å². The zero-order valence-corrected chi connectivity index (χ0v) is 9.46. The first-order valence-corrected chi connectivity index (χ1v) is 6.00. The van der Waals surface area contributed by atoms with Gasteiger partial charge in [-0.2, -0.15) is 0 Å². The van der Waals surface area contributed by atoms with E-state index in [1.165, 1.54) is 6.42 Å². The molecule has 0 spiro atoms. The lowest BCUT2D eigenvalue weighted by molar-refractivity contribution is -0.135. The largest absolute Gasteiger partial charge is 0.339 e. The molecule has 2 N–H and O–H groups in total. The summed E-state index contributed by atoms with van der Waals surface area (Å²) in [5.74, 6) is 0.992. The average Bonchev–Trinajstić information content (AvgIpc) is 2.29. The molecule has 2 rings (SSSR count). The first-order chi connectivity index (χ1) is 7.27. The lowest BCUT2D eigenvalue weighted by Crippen LogP contribution is -2.54. The summed E-state index contributed by atoms with van der Waals surface area (Å²) in [5.41, 5.74) is 0. The van der Waals surface area contributed by atoms with Gasteiger partial charge in [-0.15, -0.1) is 0 Å². The van der Waals surface area contributed by atoms with E-state index in [-0.39, 0.29) is 6.04 Å². The lowest BCUT2D eigenvalue weighted by Gasteiger charge is -2.34. The Morgan fingerprint density at radius 3 is 2.67 bits per heavy atom. The second-order valence-electron chi connectivity index (χ2n) is 4.71. The van der Waals surface area contributed by atoms with Crippen molar-refractivity contribution < 1.29 is 4.79 Å². The van der Waals surface area contributed by atoms with E-state index >= 15 is 0 Å². The normalized spacial score (nSPS) is 32.7. The Morgan fingerprint density at radius 1 is 1.27 bits per heavy atom. The Labute approximate surface area is 91.4 Å². The predicted octanol–water partition coefficient (Wildman–Crippen LogP) is -0.194. The third kappa shape index (κ3) is 2.69. The number of amides is 1. The fourth-order valence-electron chi connectivity index (χ4n) is 2.40. The fraction of sp³-hybridized carbons (Fsp3) is 0.909. The molecule has 2 unspecified atom stereocenters. The molecule has 0 aliphatic carbocycles. The topological polar surface area (TPSA) is 44.4 Å². The molecular weight excluding hydrogens is 190 g/mol. The van der Waals surface area contributed by atoms with Crippen molar-refractivity contribution in [3.8, 4) is 0 Å². The van der Waals surface area contributed by atoms with E-state index in [1.807, 2.05) is 4.90 Å². The van der Waals surface area contributed by atoms with Crippen LogP contribution in [0.4, 0.5) is 0 Å². The highest BCUT2D eigenvalue weighted by Gasteiger charge is 2.28. The molecule has 4 nitrogen and oxygen atoms in total. The highest BCUT2D eigenvalue weighted by molar-refractivity contribution is 5.82. The van der Waals surface area contributed by atoms with Crippen LogP contribution in [0.3, 0.4) is 0 Å². The van der Waals surface area contributed by atoms with E-state index in [2.05, 4.69) is 17.6 Å². The summed E-state index contributed by atoms with van der Waals surface area (Å²) in [7, 11) is 0. The molecule has 0 saturated carbocycles. The second-order valence-corrected chi connectivity index (χ2v) is 4.71. The van der Waals surface area contributed by atoms with Crippen LogP contribution in [0.15, 0.2) is 0 Å². The van der Waals surface area contributed by atoms with Crippen LogP contribution in [-0.4, -0.2) is 49.6 Å². The van der Waals surface area contributed by atoms with E-state index < -0.39 is 0 Å². The maximum Gasteiger partial charge on any atom is 0.239 e. The minimum absolute atomic E-state index is 0.0758. The van der Waals surface area contributed by atoms with Crippen molar-refractivity contribution in [1.29, 1.82) is 0 Å². The van der Waals surface area contributed by atoms with Crippen molar-refractivity contribution in [3.05, 3.63) is 0 Å². The molecule has 15 heavy (non-hydrogen) atoms. The molecule has 2 aliphatic rings. The van der Waals surface area contributed by atoms with Crippen LogP contribution in [0.25, 0.3) is 0 Å². The molecule has 0 bridgehead atoms. The average molecular weight is 211 g/mol. The van der Waals surface area contributed by atoms with Gasteiger partial charge in [-0.05, 0) is 25.3 Å². The Morgan fingerprint density at radius 2 is 2.00 bits per heavy atom. The van der Waals surface area contributed by atoms with Gasteiger partial charge in [-0.3, -0.25) is 4.79 Å². The van der Waals surface area contributed by atoms with E-state index in [0.717, 1.165) is 39.1 Å². The van der Waals surface area contributed by atoms with Gasteiger partial charge in [0, 0.05) is 26.2 Å². The van der Waals surface area contributed by atoms with Crippen LogP contribution < -0.4 is 10.6 Å². The summed E-state index contributed by atoms with van der Waals surface area (Å²) in [6.07, 6.45) is 2.20. The van der Waals surface area contributed by atoms with Crippen LogP contribution >= 0.6 is 0 Å². The first kappa shape index (κ1) is 10.9. The van der Waals surface area contributed by atoms with Gasteiger partial charge >= 0.3 is 0 Å². The molecule has 1 amide bonds. The number of nitrogens with zero attached hydrogens (tertiary/aromatic N) is 1. The van der Waals surface area contributed by atoms with Crippen molar-refractivity contribution in [3.63, 3.8) is 0 Å². The van der Waals surface area contributed by atoms with Gasteiger partial charge in [0.05, 0.1) is 6.04 Å². The Hall–Kier alpha value is -0.610. The van der Waals surface area contributed by atoms with Gasteiger partial charge in [-0.25, -0.2) is 0 Å². The summed E-state index contributed by atoms with van der Waals surface area (Å²) < 4.78 is 0. The lowest BCUT2D eigenvalue weighted by atomic mass is 9.93. The Kier molecular flexibility index (Phi) is 3.59. The summed E-state index contributed by atoms with van der Waals surface area (Å²) in [6.45, 7) is 6.83. The predicted molar refractivity (Wildman–Crippen MR) is 59.6 cm³/mol. The van der Waals surface area contributed by atoms with E-state index in [9.17, 15) is 4.79 Å². The second kappa shape index (κ2) is 4.94. The zero-order valence-electron chi connectivity index (χ0n) is 9.46. The van der Waals surface area contributed by atoms with Crippen molar-refractivity contribution in [2.75, 3.05) is 32.7 Å². The van der Waals surface area contributed by atoms with Crippen molar-refractivity contribution in [1.82, 2.24) is 15.5 Å². The number of piperazine rings is 1. The molecule has 2 heterocycles. The van der Waals surface area contributed by atoms with E-state index in [1.54, 1.807) is 0 Å². The van der Waals surface area contributed by atoms with Crippen LogP contribution in [0, 0.1) is 5.92 Å². The van der Waals surface area contributed by atoms with Gasteiger partial charge in [0.2, 0.25) is 5.91 Å². The molecule has 2 fully saturated rings. The summed E-state index contributed by atoms with van der Waals surface area (Å²) in [6, 6.07) is 0.0758. The summed E-state index contributed by atoms with van der Waals surface area (Å²) >= 11 is 0. The summed E-state index contributed by atoms with van der Waals surface area (Å²) in [4.78, 5) is 14.1. The van der Waals surface area contributed by atoms with Crippen molar-refractivity contribution in [2.45, 2.75) is 25.8 Å². The number of hydrogen-bond acceptors (Lipinski definition) is 3. The maximum atomic E-state index is 12.1. The molecule has 0 aromatic rings. The molecule has 4 heteroatoms. The number of piperidine rings is 1. The van der Waals surface area contributed by atoms with Crippen molar-refractivity contribution >= 4 is 5.91 Å².